The number of nitrogens with zero attached hydrogens (tertiary/aromatic N) is 2. The van der Waals surface area contributed by atoms with Crippen LogP contribution < -0.4 is 5.32 Å². The molecule has 2 saturated heterocycles. The Bertz CT molecular complexity index is 847. The Kier molecular flexibility index (Phi) is 7.21. The molecule has 0 saturated carbocycles. The van der Waals surface area contributed by atoms with Crippen LogP contribution in [-0.4, -0.2) is 66.1 Å². The van der Waals surface area contributed by atoms with E-state index in [9.17, 15) is 9.59 Å². The second-order valence-electron chi connectivity index (χ2n) is 7.20. The Morgan fingerprint density at radius 1 is 1.14 bits per heavy atom. The van der Waals surface area contributed by atoms with Crippen molar-refractivity contribution < 1.29 is 9.59 Å². The number of piperazine rings is 1. The van der Waals surface area contributed by atoms with Crippen molar-refractivity contribution in [2.45, 2.75) is 23.8 Å². The molecule has 0 radical (unpaired) electrons. The lowest BCUT2D eigenvalue weighted by Crippen LogP contribution is -2.57. The number of piperidine rings is 1. The van der Waals surface area contributed by atoms with E-state index in [0.29, 0.717) is 18.8 Å². The number of carbonyl (C=O) groups is 2. The minimum atomic E-state index is 0. The molecule has 2 aromatic carbocycles. The first-order valence-electron chi connectivity index (χ1n) is 9.60. The highest BCUT2D eigenvalue weighted by Crippen LogP contribution is 2.25. The average Bonchev–Trinajstić information content (AvgIpc) is 2.72. The maximum Gasteiger partial charge on any atom is 0.236 e. The standard InChI is InChI=1S/C21H25N3O2S.ClH/c25-20-13-22-9-11-24(20)18-6-3-10-23(14-18)21(26)15-27-19-8-7-16-4-1-2-5-17(16)12-19;/h1-2,4-5,7-8,12,18,22H,3,6,9-11,13-15H2;1H. The van der Waals surface area contributed by atoms with E-state index in [1.807, 2.05) is 21.9 Å². The zero-order valence-electron chi connectivity index (χ0n) is 15.8. The molecular formula is C21H26ClN3O2S. The van der Waals surface area contributed by atoms with Crippen LogP contribution in [0.25, 0.3) is 10.8 Å². The van der Waals surface area contributed by atoms with Gasteiger partial charge in [-0.05, 0) is 35.7 Å². The largest absolute Gasteiger partial charge is 0.340 e. The van der Waals surface area contributed by atoms with Crippen LogP contribution in [0.15, 0.2) is 47.4 Å². The predicted molar refractivity (Wildman–Crippen MR) is 116 cm³/mol. The van der Waals surface area contributed by atoms with E-state index in [-0.39, 0.29) is 30.3 Å². The minimum Gasteiger partial charge on any atom is -0.340 e. The van der Waals surface area contributed by atoms with Gasteiger partial charge in [-0.1, -0.05) is 30.3 Å². The molecular weight excluding hydrogens is 394 g/mol. The highest BCUT2D eigenvalue weighted by Gasteiger charge is 2.31. The fourth-order valence-corrected chi connectivity index (χ4v) is 4.78. The summed E-state index contributed by atoms with van der Waals surface area (Å²) in [4.78, 5) is 29.9. The second-order valence-corrected chi connectivity index (χ2v) is 8.25. The highest BCUT2D eigenvalue weighted by atomic mass is 35.5. The van der Waals surface area contributed by atoms with Gasteiger partial charge in [0.2, 0.25) is 11.8 Å². The van der Waals surface area contributed by atoms with Crippen molar-refractivity contribution in [1.29, 1.82) is 0 Å². The van der Waals surface area contributed by atoms with Crippen LogP contribution in [0.5, 0.6) is 0 Å². The van der Waals surface area contributed by atoms with Crippen molar-refractivity contribution in [2.75, 3.05) is 38.5 Å². The van der Waals surface area contributed by atoms with Crippen molar-refractivity contribution in [3.63, 3.8) is 0 Å². The molecule has 0 bridgehead atoms. The Morgan fingerprint density at radius 3 is 2.79 bits per heavy atom. The first-order valence-corrected chi connectivity index (χ1v) is 10.6. The fourth-order valence-electron chi connectivity index (χ4n) is 3.94. The number of hydrogen-bond donors (Lipinski definition) is 1. The Hall–Kier alpha value is -1.76. The first-order chi connectivity index (χ1) is 13.2. The molecule has 4 rings (SSSR count). The summed E-state index contributed by atoms with van der Waals surface area (Å²) < 4.78 is 0. The SMILES string of the molecule is Cl.O=C(CSc1ccc2ccccc2c1)N1CCCC(N2CCNCC2=O)C1. The predicted octanol–water partition coefficient (Wildman–Crippen LogP) is 2.78. The average molecular weight is 420 g/mol. The van der Waals surface area contributed by atoms with Crippen molar-refractivity contribution in [1.82, 2.24) is 15.1 Å². The Morgan fingerprint density at radius 2 is 1.96 bits per heavy atom. The van der Waals surface area contributed by atoms with Gasteiger partial charge in [0.15, 0.2) is 0 Å². The molecule has 0 aliphatic carbocycles. The summed E-state index contributed by atoms with van der Waals surface area (Å²) in [6.45, 7) is 3.48. The summed E-state index contributed by atoms with van der Waals surface area (Å²) in [7, 11) is 0. The molecule has 5 nitrogen and oxygen atoms in total. The van der Waals surface area contributed by atoms with Gasteiger partial charge in [-0.2, -0.15) is 0 Å². The number of amides is 2. The zero-order chi connectivity index (χ0) is 18.6. The molecule has 2 heterocycles. The quantitative estimate of drug-likeness (QED) is 0.774. The summed E-state index contributed by atoms with van der Waals surface area (Å²) in [5.41, 5.74) is 0. The number of halogens is 1. The van der Waals surface area contributed by atoms with Crippen LogP contribution in [0.4, 0.5) is 0 Å². The van der Waals surface area contributed by atoms with E-state index in [0.717, 1.165) is 37.4 Å². The number of carbonyl (C=O) groups excluding carboxylic acids is 2. The second kappa shape index (κ2) is 9.63. The zero-order valence-corrected chi connectivity index (χ0v) is 17.4. The molecule has 2 aromatic rings. The molecule has 2 amide bonds. The lowest BCUT2D eigenvalue weighted by atomic mass is 10.0. The fraction of sp³-hybridized carbons (Fsp3) is 0.429. The summed E-state index contributed by atoms with van der Waals surface area (Å²) in [6.07, 6.45) is 1.96. The third-order valence-electron chi connectivity index (χ3n) is 5.40. The van der Waals surface area contributed by atoms with Crippen LogP contribution in [0.2, 0.25) is 0 Å². The van der Waals surface area contributed by atoms with Gasteiger partial charge in [-0.3, -0.25) is 9.59 Å². The molecule has 150 valence electrons. The Balaban J connectivity index is 0.00000225. The van der Waals surface area contributed by atoms with Crippen LogP contribution >= 0.6 is 24.2 Å². The molecule has 2 aliphatic rings. The van der Waals surface area contributed by atoms with E-state index in [1.165, 1.54) is 10.8 Å². The lowest BCUT2D eigenvalue weighted by Gasteiger charge is -2.41. The first kappa shape index (κ1) is 21.0. The van der Waals surface area contributed by atoms with Gasteiger partial charge in [0.25, 0.3) is 0 Å². The summed E-state index contributed by atoms with van der Waals surface area (Å²) in [5, 5.41) is 5.53. The normalized spacial score (nSPS) is 20.1. The third-order valence-corrected chi connectivity index (χ3v) is 6.38. The molecule has 2 aliphatic heterocycles. The number of nitrogens with one attached hydrogen (secondary N) is 1. The van der Waals surface area contributed by atoms with Crippen molar-refractivity contribution in [3.8, 4) is 0 Å². The number of thioether (sulfide) groups is 1. The molecule has 2 fully saturated rings. The molecule has 28 heavy (non-hydrogen) atoms. The maximum absolute atomic E-state index is 12.7. The molecule has 7 heteroatoms. The highest BCUT2D eigenvalue weighted by molar-refractivity contribution is 8.00. The van der Waals surface area contributed by atoms with Crippen molar-refractivity contribution >= 4 is 46.8 Å². The van der Waals surface area contributed by atoms with Gasteiger partial charge in [0, 0.05) is 37.1 Å². The number of rotatable bonds is 4. The van der Waals surface area contributed by atoms with Crippen molar-refractivity contribution in [3.05, 3.63) is 42.5 Å². The molecule has 0 aromatic heterocycles. The number of hydrogen-bond acceptors (Lipinski definition) is 4. The van der Waals surface area contributed by atoms with E-state index in [2.05, 4.69) is 35.6 Å². The number of fused-ring (bicyclic) bond motifs is 1. The topological polar surface area (TPSA) is 52.7 Å². The third kappa shape index (κ3) is 4.80. The van der Waals surface area contributed by atoms with Gasteiger partial charge < -0.3 is 15.1 Å². The van der Waals surface area contributed by atoms with Crippen molar-refractivity contribution in [2.24, 2.45) is 0 Å². The number of benzene rings is 2. The summed E-state index contributed by atoms with van der Waals surface area (Å²) >= 11 is 1.59. The van der Waals surface area contributed by atoms with Gasteiger partial charge in [-0.15, -0.1) is 24.2 Å². The lowest BCUT2D eigenvalue weighted by molar-refractivity contribution is -0.139. The Labute approximate surface area is 176 Å². The van der Waals surface area contributed by atoms with Crippen LogP contribution in [-0.2, 0) is 9.59 Å². The molecule has 1 atom stereocenters. The summed E-state index contributed by atoms with van der Waals surface area (Å²) in [6, 6.07) is 14.8. The van der Waals surface area contributed by atoms with E-state index >= 15 is 0 Å². The molecule has 0 spiro atoms. The molecule has 1 unspecified atom stereocenters. The smallest absolute Gasteiger partial charge is 0.236 e. The molecule has 1 N–H and O–H groups in total. The minimum absolute atomic E-state index is 0. The van der Waals surface area contributed by atoms with E-state index in [4.69, 9.17) is 0 Å². The number of likely N-dealkylation sites (tertiary alicyclic amines) is 1. The van der Waals surface area contributed by atoms with Gasteiger partial charge in [-0.25, -0.2) is 0 Å². The summed E-state index contributed by atoms with van der Waals surface area (Å²) in [5.74, 6) is 0.770. The van der Waals surface area contributed by atoms with Crippen LogP contribution in [0, 0.1) is 0 Å². The van der Waals surface area contributed by atoms with Gasteiger partial charge in [0.05, 0.1) is 12.3 Å². The van der Waals surface area contributed by atoms with E-state index in [1.54, 1.807) is 11.8 Å². The van der Waals surface area contributed by atoms with Crippen LogP contribution in [0.3, 0.4) is 0 Å². The van der Waals surface area contributed by atoms with Gasteiger partial charge >= 0.3 is 0 Å². The monoisotopic (exact) mass is 419 g/mol. The van der Waals surface area contributed by atoms with Gasteiger partial charge in [0.1, 0.15) is 0 Å². The van der Waals surface area contributed by atoms with E-state index < -0.39 is 0 Å². The van der Waals surface area contributed by atoms with Crippen LogP contribution in [0.1, 0.15) is 12.8 Å². The maximum atomic E-state index is 12.7.